The maximum atomic E-state index is 12.5. The van der Waals surface area contributed by atoms with Crippen LogP contribution in [0.3, 0.4) is 0 Å². The van der Waals surface area contributed by atoms with Gasteiger partial charge in [0.25, 0.3) is 0 Å². The Morgan fingerprint density at radius 3 is 1.64 bits per heavy atom. The number of allylic oxidation sites excluding steroid dienone is 2. The maximum absolute atomic E-state index is 12.5. The van der Waals surface area contributed by atoms with Gasteiger partial charge >= 0.3 is 13.8 Å². The minimum Gasteiger partial charge on any atom is -0.457 e. The zero-order chi connectivity index (χ0) is 34.7. The number of aliphatic hydroxyl groups is 2. The highest BCUT2D eigenvalue weighted by atomic mass is 31.2. The second-order valence-electron chi connectivity index (χ2n) is 13.0. The van der Waals surface area contributed by atoms with Gasteiger partial charge < -0.3 is 24.6 Å². The largest absolute Gasteiger partial charge is 0.472 e. The number of unbranched alkanes of at least 4 members (excludes halogenated alkanes) is 21. The molecule has 0 aliphatic carbocycles. The number of hydrogen-bond donors (Lipinski definition) is 3. The van der Waals surface area contributed by atoms with Gasteiger partial charge in [-0.2, -0.15) is 0 Å². The van der Waals surface area contributed by atoms with Gasteiger partial charge in [-0.15, -0.1) is 0 Å². The Balaban J connectivity index is 4.22. The monoisotopic (exact) mass is 692 g/mol. The Morgan fingerprint density at radius 1 is 0.638 bits per heavy atom. The predicted molar refractivity (Wildman–Crippen MR) is 191 cm³/mol. The molecule has 0 radical (unpaired) electrons. The molecule has 0 aliphatic rings. The van der Waals surface area contributed by atoms with Crippen molar-refractivity contribution >= 4 is 13.8 Å². The first-order chi connectivity index (χ1) is 22.8. The highest BCUT2D eigenvalue weighted by Gasteiger charge is 2.26. The van der Waals surface area contributed by atoms with E-state index in [0.29, 0.717) is 6.61 Å². The molecule has 3 N–H and O–H groups in total. The molecule has 0 aliphatic heterocycles. The molecule has 0 heterocycles. The lowest BCUT2D eigenvalue weighted by Gasteiger charge is -2.20. The van der Waals surface area contributed by atoms with Crippen LogP contribution in [-0.4, -0.2) is 66.3 Å². The summed E-state index contributed by atoms with van der Waals surface area (Å²) >= 11 is 0. The van der Waals surface area contributed by atoms with Crippen molar-refractivity contribution in [1.82, 2.24) is 0 Å². The van der Waals surface area contributed by atoms with Crippen LogP contribution in [0.25, 0.3) is 0 Å². The van der Waals surface area contributed by atoms with E-state index in [1.807, 2.05) is 0 Å². The molecule has 0 saturated carbocycles. The number of rotatable bonds is 37. The van der Waals surface area contributed by atoms with Gasteiger partial charge in [0.2, 0.25) is 0 Å². The molecule has 0 rings (SSSR count). The Morgan fingerprint density at radius 2 is 1.09 bits per heavy atom. The number of phosphoric ester groups is 1. The first-order valence-corrected chi connectivity index (χ1v) is 20.7. The molecular weight excluding hydrogens is 619 g/mol. The zero-order valence-corrected chi connectivity index (χ0v) is 31.2. The van der Waals surface area contributed by atoms with Gasteiger partial charge in [-0.1, -0.05) is 142 Å². The summed E-state index contributed by atoms with van der Waals surface area (Å²) in [5.41, 5.74) is 0. The lowest BCUT2D eigenvalue weighted by Crippen LogP contribution is -2.29. The fourth-order valence-corrected chi connectivity index (χ4v) is 6.02. The third kappa shape index (κ3) is 34.8. The van der Waals surface area contributed by atoms with Gasteiger partial charge in [-0.3, -0.25) is 13.8 Å². The van der Waals surface area contributed by atoms with Gasteiger partial charge in [0.1, 0.15) is 12.2 Å². The molecule has 0 amide bonds. The average Bonchev–Trinajstić information content (AvgIpc) is 3.06. The Bertz CT molecular complexity index is 749. The van der Waals surface area contributed by atoms with Crippen molar-refractivity contribution in [3.63, 3.8) is 0 Å². The SMILES string of the molecule is CCCCC/C=C\CCCCCCCC(=O)O[C@H](COCCCCCCCCCCCCCCCC)COP(=O)(O)OC[C@@H](O)CO. The second-order valence-corrected chi connectivity index (χ2v) is 14.4. The summed E-state index contributed by atoms with van der Waals surface area (Å²) in [6.45, 7) is 3.50. The van der Waals surface area contributed by atoms with E-state index in [-0.39, 0.29) is 19.6 Å². The van der Waals surface area contributed by atoms with Gasteiger partial charge in [-0.05, 0) is 38.5 Å². The molecule has 280 valence electrons. The third-order valence-corrected chi connectivity index (χ3v) is 9.15. The average molecular weight is 693 g/mol. The summed E-state index contributed by atoms with van der Waals surface area (Å²) in [5, 5.41) is 18.3. The van der Waals surface area contributed by atoms with E-state index in [1.54, 1.807) is 0 Å². The van der Waals surface area contributed by atoms with E-state index in [0.717, 1.165) is 51.4 Å². The first-order valence-electron chi connectivity index (χ1n) is 19.2. The maximum Gasteiger partial charge on any atom is 0.472 e. The number of carbonyl (C=O) groups excluding carboxylic acids is 1. The molecule has 0 saturated heterocycles. The smallest absolute Gasteiger partial charge is 0.457 e. The molecule has 0 aromatic rings. The van der Waals surface area contributed by atoms with Crippen molar-refractivity contribution in [3.8, 4) is 0 Å². The predicted octanol–water partition coefficient (Wildman–Crippen LogP) is 9.75. The molecule has 0 aromatic carbocycles. The van der Waals surface area contributed by atoms with Crippen molar-refractivity contribution in [2.45, 2.75) is 187 Å². The molecule has 0 spiro atoms. The van der Waals surface area contributed by atoms with E-state index in [2.05, 4.69) is 26.0 Å². The van der Waals surface area contributed by atoms with Gasteiger partial charge in [0.05, 0.1) is 26.4 Å². The van der Waals surface area contributed by atoms with Crippen LogP contribution in [0.2, 0.25) is 0 Å². The van der Waals surface area contributed by atoms with Crippen molar-refractivity contribution in [1.29, 1.82) is 0 Å². The van der Waals surface area contributed by atoms with Crippen LogP contribution in [0.5, 0.6) is 0 Å². The van der Waals surface area contributed by atoms with Crippen LogP contribution in [0.15, 0.2) is 12.2 Å². The number of hydrogen-bond acceptors (Lipinski definition) is 8. The minimum absolute atomic E-state index is 0.0510. The molecule has 1 unspecified atom stereocenters. The first kappa shape index (κ1) is 46.2. The molecule has 3 atom stereocenters. The summed E-state index contributed by atoms with van der Waals surface area (Å²) in [6, 6.07) is 0. The quantitative estimate of drug-likeness (QED) is 0.0252. The molecule has 10 heteroatoms. The molecule has 0 fully saturated rings. The Labute approximate surface area is 288 Å². The minimum atomic E-state index is -4.51. The Hall–Kier alpha value is -0.800. The van der Waals surface area contributed by atoms with E-state index >= 15 is 0 Å². The highest BCUT2D eigenvalue weighted by molar-refractivity contribution is 7.47. The van der Waals surface area contributed by atoms with Crippen LogP contribution >= 0.6 is 7.82 Å². The summed E-state index contributed by atoms with van der Waals surface area (Å²) < 4.78 is 33.2. The van der Waals surface area contributed by atoms with Gasteiger partial charge in [-0.25, -0.2) is 4.57 Å². The number of aliphatic hydroxyl groups excluding tert-OH is 2. The van der Waals surface area contributed by atoms with Crippen LogP contribution < -0.4 is 0 Å². The van der Waals surface area contributed by atoms with E-state index < -0.39 is 39.2 Å². The topological polar surface area (TPSA) is 132 Å². The van der Waals surface area contributed by atoms with Gasteiger partial charge in [0.15, 0.2) is 0 Å². The highest BCUT2D eigenvalue weighted by Crippen LogP contribution is 2.43. The van der Waals surface area contributed by atoms with Gasteiger partial charge in [0, 0.05) is 13.0 Å². The molecule has 47 heavy (non-hydrogen) atoms. The van der Waals surface area contributed by atoms with Crippen LogP contribution in [-0.2, 0) is 27.9 Å². The van der Waals surface area contributed by atoms with E-state index in [1.165, 1.54) is 103 Å². The van der Waals surface area contributed by atoms with Crippen LogP contribution in [0.1, 0.15) is 174 Å². The molecule has 0 aromatic heterocycles. The van der Waals surface area contributed by atoms with Crippen molar-refractivity contribution < 1.29 is 43.0 Å². The molecule has 0 bridgehead atoms. The fourth-order valence-electron chi connectivity index (χ4n) is 5.23. The van der Waals surface area contributed by atoms with Crippen LogP contribution in [0.4, 0.5) is 0 Å². The lowest BCUT2D eigenvalue weighted by molar-refractivity contribution is -0.154. The summed E-state index contributed by atoms with van der Waals surface area (Å²) in [5.74, 6) is -0.391. The standard InChI is InChI=1S/C37H73O9P/c1-3-5-7-9-11-13-15-17-18-20-22-24-26-28-30-43-33-36(34-45-47(41,42)44-32-35(39)31-38)46-37(40)29-27-25-23-21-19-16-14-12-10-8-6-4-2/h12,14,35-36,38-39H,3-11,13,15-34H2,1-2H3,(H,41,42)/b14-12-/t35-,36+/m0/s1. The number of phosphoric acid groups is 1. The van der Waals surface area contributed by atoms with Crippen molar-refractivity contribution in [2.75, 3.05) is 33.0 Å². The second kappa shape index (κ2) is 35.0. The number of esters is 1. The third-order valence-electron chi connectivity index (χ3n) is 8.20. The summed E-state index contributed by atoms with van der Waals surface area (Å²) in [6.07, 6.45) is 31.6. The lowest BCUT2D eigenvalue weighted by atomic mass is 10.0. The molecular formula is C37H73O9P. The van der Waals surface area contributed by atoms with Crippen molar-refractivity contribution in [2.24, 2.45) is 0 Å². The van der Waals surface area contributed by atoms with Crippen LogP contribution in [0, 0.1) is 0 Å². The number of ether oxygens (including phenoxy) is 2. The summed E-state index contributed by atoms with van der Waals surface area (Å²) in [4.78, 5) is 22.4. The normalized spacial score (nSPS) is 14.4. The van der Waals surface area contributed by atoms with Crippen molar-refractivity contribution in [3.05, 3.63) is 12.2 Å². The Kier molecular flexibility index (Phi) is 34.4. The number of carbonyl (C=O) groups is 1. The zero-order valence-electron chi connectivity index (χ0n) is 30.3. The molecule has 9 nitrogen and oxygen atoms in total. The summed E-state index contributed by atoms with van der Waals surface area (Å²) in [7, 11) is -4.51. The fraction of sp³-hybridized carbons (Fsp3) is 0.919. The van der Waals surface area contributed by atoms with E-state index in [4.69, 9.17) is 23.6 Å². The van der Waals surface area contributed by atoms with E-state index in [9.17, 15) is 19.4 Å².